The maximum Gasteiger partial charge on any atom is 0.222 e. The fraction of sp³-hybridized carbons (Fsp3) is 0.346. The lowest BCUT2D eigenvalue weighted by atomic mass is 10.1. The number of allylic oxidation sites excluding steroid dienone is 1. The zero-order valence-corrected chi connectivity index (χ0v) is 18.9. The molecule has 0 spiro atoms. The molecule has 1 N–H and O–H groups in total. The summed E-state index contributed by atoms with van der Waals surface area (Å²) in [6.45, 7) is 7.84. The molecular formula is C26H32FN3O2. The summed E-state index contributed by atoms with van der Waals surface area (Å²) in [5.74, 6) is 0.843. The van der Waals surface area contributed by atoms with Crippen LogP contribution in [0.4, 0.5) is 4.39 Å². The molecule has 0 saturated heterocycles. The van der Waals surface area contributed by atoms with Gasteiger partial charge in [-0.1, -0.05) is 43.3 Å². The second kappa shape index (κ2) is 11.6. The van der Waals surface area contributed by atoms with Crippen molar-refractivity contribution in [3.63, 3.8) is 0 Å². The van der Waals surface area contributed by atoms with E-state index in [0.717, 1.165) is 36.2 Å². The van der Waals surface area contributed by atoms with E-state index in [-0.39, 0.29) is 5.82 Å². The first-order chi connectivity index (χ1) is 15.5. The van der Waals surface area contributed by atoms with E-state index >= 15 is 0 Å². The molecule has 0 fully saturated rings. The minimum Gasteiger partial charge on any atom is -0.439 e. The van der Waals surface area contributed by atoms with E-state index in [0.29, 0.717) is 31.1 Å². The Morgan fingerprint density at radius 3 is 2.56 bits per heavy atom. The maximum absolute atomic E-state index is 13.4. The average molecular weight is 438 g/mol. The second-order valence-electron chi connectivity index (χ2n) is 7.93. The van der Waals surface area contributed by atoms with Crippen molar-refractivity contribution in [3.05, 3.63) is 78.6 Å². The monoisotopic (exact) mass is 437 g/mol. The number of aryl methyl sites for hydroxylation is 1. The van der Waals surface area contributed by atoms with Gasteiger partial charge in [-0.2, -0.15) is 5.10 Å². The Kier molecular flexibility index (Phi) is 8.59. The first-order valence-corrected chi connectivity index (χ1v) is 11.1. The summed E-state index contributed by atoms with van der Waals surface area (Å²) >= 11 is 0. The van der Waals surface area contributed by atoms with Gasteiger partial charge < -0.3 is 9.84 Å². The van der Waals surface area contributed by atoms with Crippen LogP contribution in [-0.2, 0) is 13.6 Å². The number of rotatable bonds is 12. The van der Waals surface area contributed by atoms with Crippen molar-refractivity contribution in [3.8, 4) is 22.9 Å². The number of aliphatic hydroxyl groups excluding tert-OH is 1. The van der Waals surface area contributed by atoms with Crippen LogP contribution < -0.4 is 4.74 Å². The fourth-order valence-corrected chi connectivity index (χ4v) is 3.74. The lowest BCUT2D eigenvalue weighted by Gasteiger charge is -2.25. The number of hydrogen-bond acceptors (Lipinski definition) is 4. The summed E-state index contributed by atoms with van der Waals surface area (Å²) in [6.07, 6.45) is 3.82. The van der Waals surface area contributed by atoms with Gasteiger partial charge in [0, 0.05) is 25.7 Å². The van der Waals surface area contributed by atoms with Crippen LogP contribution in [-0.4, -0.2) is 39.0 Å². The van der Waals surface area contributed by atoms with Crippen molar-refractivity contribution in [2.24, 2.45) is 7.05 Å². The number of aromatic nitrogens is 2. The zero-order chi connectivity index (χ0) is 22.9. The molecule has 170 valence electrons. The predicted molar refractivity (Wildman–Crippen MR) is 126 cm³/mol. The van der Waals surface area contributed by atoms with Crippen molar-refractivity contribution in [2.75, 3.05) is 13.1 Å². The quantitative estimate of drug-likeness (QED) is 0.377. The van der Waals surface area contributed by atoms with Crippen LogP contribution in [0.5, 0.6) is 11.6 Å². The second-order valence-corrected chi connectivity index (χ2v) is 7.93. The summed E-state index contributed by atoms with van der Waals surface area (Å²) in [5, 5.41) is 15.3. The minimum absolute atomic E-state index is 0.310. The van der Waals surface area contributed by atoms with Gasteiger partial charge in [-0.3, -0.25) is 4.90 Å². The molecule has 1 aromatic heterocycles. The Labute approximate surface area is 189 Å². The molecule has 1 atom stereocenters. The normalized spacial score (nSPS) is 12.2. The number of halogens is 1. The molecule has 0 aliphatic carbocycles. The van der Waals surface area contributed by atoms with Gasteiger partial charge in [-0.05, 0) is 50.1 Å². The van der Waals surface area contributed by atoms with Gasteiger partial charge in [0.15, 0.2) is 0 Å². The van der Waals surface area contributed by atoms with Crippen LogP contribution in [0.3, 0.4) is 0 Å². The molecule has 0 amide bonds. The standard InChI is InChI=1S/C26H32FN3O2/c1-4-6-12-22(31)18-30(17-5-2)19-24-25(20-10-8-7-9-11-20)28-29(3)26(24)32-23-15-13-21(27)14-16-23/h4,7-11,13-16,22,31H,1,5-6,12,17-19H2,2-3H3/t22-/m0/s1. The highest BCUT2D eigenvalue weighted by atomic mass is 19.1. The number of nitrogens with zero attached hydrogens (tertiary/aromatic N) is 3. The summed E-state index contributed by atoms with van der Waals surface area (Å²) in [7, 11) is 1.85. The molecule has 5 nitrogen and oxygen atoms in total. The molecule has 0 saturated carbocycles. The maximum atomic E-state index is 13.4. The molecule has 0 aliphatic heterocycles. The van der Waals surface area contributed by atoms with Crippen molar-refractivity contribution in [1.29, 1.82) is 0 Å². The van der Waals surface area contributed by atoms with Crippen molar-refractivity contribution < 1.29 is 14.2 Å². The van der Waals surface area contributed by atoms with Gasteiger partial charge in [-0.15, -0.1) is 6.58 Å². The third-order valence-corrected chi connectivity index (χ3v) is 5.26. The van der Waals surface area contributed by atoms with E-state index in [2.05, 4.69) is 18.4 Å². The summed E-state index contributed by atoms with van der Waals surface area (Å²) in [5.41, 5.74) is 2.77. The number of benzene rings is 2. The van der Waals surface area contributed by atoms with Crippen molar-refractivity contribution in [2.45, 2.75) is 38.8 Å². The molecule has 1 heterocycles. The average Bonchev–Trinajstić information content (AvgIpc) is 3.09. The fourth-order valence-electron chi connectivity index (χ4n) is 3.74. The minimum atomic E-state index is -0.433. The predicted octanol–water partition coefficient (Wildman–Crippen LogP) is 5.56. The van der Waals surface area contributed by atoms with Crippen LogP contribution in [0.1, 0.15) is 31.7 Å². The van der Waals surface area contributed by atoms with E-state index in [9.17, 15) is 9.50 Å². The van der Waals surface area contributed by atoms with Crippen molar-refractivity contribution >= 4 is 0 Å². The Morgan fingerprint density at radius 1 is 1.19 bits per heavy atom. The molecule has 32 heavy (non-hydrogen) atoms. The zero-order valence-electron chi connectivity index (χ0n) is 18.9. The van der Waals surface area contributed by atoms with E-state index < -0.39 is 6.10 Å². The SMILES string of the molecule is C=CCC[C@H](O)CN(CCC)Cc1c(-c2ccccc2)nn(C)c1Oc1ccc(F)cc1. The molecule has 0 unspecified atom stereocenters. The smallest absolute Gasteiger partial charge is 0.222 e. The third kappa shape index (κ3) is 6.28. The largest absolute Gasteiger partial charge is 0.439 e. The topological polar surface area (TPSA) is 50.5 Å². The van der Waals surface area contributed by atoms with Gasteiger partial charge in [-0.25, -0.2) is 9.07 Å². The van der Waals surface area contributed by atoms with E-state index in [4.69, 9.17) is 9.84 Å². The summed E-state index contributed by atoms with van der Waals surface area (Å²) < 4.78 is 21.3. The van der Waals surface area contributed by atoms with Gasteiger partial charge >= 0.3 is 0 Å². The molecule has 6 heteroatoms. The van der Waals surface area contributed by atoms with Crippen LogP contribution in [0.15, 0.2) is 67.3 Å². The van der Waals surface area contributed by atoms with E-state index in [1.165, 1.54) is 12.1 Å². The third-order valence-electron chi connectivity index (χ3n) is 5.26. The lowest BCUT2D eigenvalue weighted by Crippen LogP contribution is -2.33. The highest BCUT2D eigenvalue weighted by molar-refractivity contribution is 5.65. The van der Waals surface area contributed by atoms with E-state index in [1.807, 2.05) is 43.5 Å². The highest BCUT2D eigenvalue weighted by Crippen LogP contribution is 2.34. The molecular weight excluding hydrogens is 405 g/mol. The van der Waals surface area contributed by atoms with Crippen LogP contribution in [0, 0.1) is 5.82 Å². The first kappa shape index (κ1) is 23.7. The van der Waals surface area contributed by atoms with Gasteiger partial charge in [0.05, 0.1) is 11.7 Å². The highest BCUT2D eigenvalue weighted by Gasteiger charge is 2.23. The van der Waals surface area contributed by atoms with Gasteiger partial charge in [0.2, 0.25) is 5.88 Å². The number of aliphatic hydroxyl groups is 1. The van der Waals surface area contributed by atoms with E-state index in [1.54, 1.807) is 16.8 Å². The molecule has 3 rings (SSSR count). The Bertz CT molecular complexity index is 986. The van der Waals surface area contributed by atoms with Crippen LogP contribution in [0.25, 0.3) is 11.3 Å². The first-order valence-electron chi connectivity index (χ1n) is 11.1. The molecule has 0 radical (unpaired) electrons. The molecule has 0 bridgehead atoms. The summed E-state index contributed by atoms with van der Waals surface area (Å²) in [6, 6.07) is 16.0. The summed E-state index contributed by atoms with van der Waals surface area (Å²) in [4.78, 5) is 2.23. The molecule has 3 aromatic rings. The Hall–Kier alpha value is -2.96. The number of hydrogen-bond donors (Lipinski definition) is 1. The van der Waals surface area contributed by atoms with Crippen LogP contribution >= 0.6 is 0 Å². The molecule has 2 aromatic carbocycles. The Morgan fingerprint density at radius 2 is 1.91 bits per heavy atom. The van der Waals surface area contributed by atoms with Gasteiger partial charge in [0.25, 0.3) is 0 Å². The number of ether oxygens (including phenoxy) is 1. The van der Waals surface area contributed by atoms with Crippen molar-refractivity contribution in [1.82, 2.24) is 14.7 Å². The molecule has 0 aliphatic rings. The van der Waals surface area contributed by atoms with Crippen LogP contribution in [0.2, 0.25) is 0 Å². The Balaban J connectivity index is 1.95. The van der Waals surface area contributed by atoms with Gasteiger partial charge in [0.1, 0.15) is 17.3 Å². The lowest BCUT2D eigenvalue weighted by molar-refractivity contribution is 0.102.